The van der Waals surface area contributed by atoms with Crippen molar-refractivity contribution in [3.63, 3.8) is 0 Å². The molecule has 4 rings (SSSR count). The third-order valence-corrected chi connectivity index (χ3v) is 7.44. The van der Waals surface area contributed by atoms with Crippen LogP contribution in [0.15, 0.2) is 24.3 Å². The Morgan fingerprint density at radius 3 is 2.00 bits per heavy atom. The fourth-order valence-electron chi connectivity index (χ4n) is 4.88. The Balaban J connectivity index is 0.000000249. The molecule has 30 heavy (non-hydrogen) atoms. The second-order valence-electron chi connectivity index (χ2n) is 9.21. The van der Waals surface area contributed by atoms with E-state index in [0.29, 0.717) is 0 Å². The van der Waals surface area contributed by atoms with Crippen LogP contribution in [-0.4, -0.2) is 0 Å². The minimum atomic E-state index is 0. The van der Waals surface area contributed by atoms with Crippen LogP contribution in [0.3, 0.4) is 0 Å². The summed E-state index contributed by atoms with van der Waals surface area (Å²) in [6.07, 6.45) is 12.1. The van der Waals surface area contributed by atoms with Crippen LogP contribution >= 0.6 is 0 Å². The van der Waals surface area contributed by atoms with Gasteiger partial charge in [0.05, 0.1) is 0 Å². The van der Waals surface area contributed by atoms with E-state index in [-0.39, 0.29) is 25.8 Å². The van der Waals surface area contributed by atoms with Gasteiger partial charge in [0.1, 0.15) is 0 Å². The second-order valence-corrected chi connectivity index (χ2v) is 9.21. The van der Waals surface area contributed by atoms with Crippen molar-refractivity contribution in [1.82, 2.24) is 0 Å². The molecule has 0 heterocycles. The zero-order chi connectivity index (χ0) is 21.0. The number of unbranched alkanes of at least 4 members (excludes halogenated alkanes) is 4. The summed E-state index contributed by atoms with van der Waals surface area (Å²) in [5.74, 6) is 0. The van der Waals surface area contributed by atoms with Gasteiger partial charge in [-0.25, -0.2) is 0 Å². The Hall–Kier alpha value is -0.950. The van der Waals surface area contributed by atoms with Gasteiger partial charge >= 0.3 is 0 Å². The van der Waals surface area contributed by atoms with Crippen LogP contribution in [-0.2, 0) is 45.1 Å². The van der Waals surface area contributed by atoms with Crippen molar-refractivity contribution in [2.24, 2.45) is 0 Å². The summed E-state index contributed by atoms with van der Waals surface area (Å²) < 4.78 is 0. The number of hydrogen-bond donors (Lipinski definition) is 0. The number of fused-ring (bicyclic) bond motifs is 2. The average molecular weight is 567 g/mol. The van der Waals surface area contributed by atoms with Crippen LogP contribution in [0.25, 0.3) is 10.8 Å². The molecule has 0 nitrogen and oxygen atoms in total. The fraction of sp³-hybridized carbons (Fsp3) is 0.517. The van der Waals surface area contributed by atoms with Gasteiger partial charge in [-0.05, 0) is 19.3 Å². The molecule has 0 spiro atoms. The van der Waals surface area contributed by atoms with Crippen molar-refractivity contribution < 1.29 is 25.8 Å². The average Bonchev–Trinajstić information content (AvgIpc) is 3.39. The summed E-state index contributed by atoms with van der Waals surface area (Å²) in [6.45, 7) is 13.3. The molecule has 1 heteroatoms. The van der Waals surface area contributed by atoms with E-state index in [4.69, 9.17) is 0 Å². The van der Waals surface area contributed by atoms with Gasteiger partial charge in [0.15, 0.2) is 0 Å². The van der Waals surface area contributed by atoms with Gasteiger partial charge in [-0.2, -0.15) is 33.9 Å². The first-order valence-electron chi connectivity index (χ1n) is 11.8. The zero-order valence-corrected chi connectivity index (χ0v) is 23.8. The van der Waals surface area contributed by atoms with Gasteiger partial charge in [-0.3, -0.25) is 0 Å². The topological polar surface area (TPSA) is 0 Å². The molecule has 0 saturated heterocycles. The van der Waals surface area contributed by atoms with E-state index >= 15 is 0 Å². The van der Waals surface area contributed by atoms with Crippen molar-refractivity contribution in [3.05, 3.63) is 68.8 Å². The van der Waals surface area contributed by atoms with Crippen LogP contribution in [0.5, 0.6) is 0 Å². The van der Waals surface area contributed by atoms with Crippen molar-refractivity contribution >= 4 is 10.8 Å². The summed E-state index contributed by atoms with van der Waals surface area (Å²) in [6, 6.07) is 9.62. The Labute approximate surface area is 204 Å². The van der Waals surface area contributed by atoms with Crippen LogP contribution in [0, 0.1) is 34.6 Å². The summed E-state index contributed by atoms with van der Waals surface area (Å²) >= 11 is 0. The van der Waals surface area contributed by atoms with Crippen LogP contribution in [0.4, 0.5) is 0 Å². The molecule has 0 aliphatic heterocycles. The third-order valence-electron chi connectivity index (χ3n) is 7.44. The number of hydrogen-bond acceptors (Lipinski definition) is 0. The van der Waals surface area contributed by atoms with Gasteiger partial charge in [0.25, 0.3) is 0 Å². The maximum Gasteiger partial charge on any atom is 0 e. The predicted octanol–water partition coefficient (Wildman–Crippen LogP) is 8.51. The number of aryl methyl sites for hydroxylation is 3. The molecule has 0 aromatic heterocycles. The number of benzene rings is 1. The molecule has 3 aromatic rings. The molecule has 0 radical (unpaired) electrons. The second kappa shape index (κ2) is 11.6. The smallest absolute Gasteiger partial charge is 0 e. The van der Waals surface area contributed by atoms with E-state index in [2.05, 4.69) is 65.8 Å². The Kier molecular flexibility index (Phi) is 9.79. The quantitative estimate of drug-likeness (QED) is 0.159. The monoisotopic (exact) mass is 568 g/mol. The predicted molar refractivity (Wildman–Crippen MR) is 130 cm³/mol. The fourth-order valence-corrected chi connectivity index (χ4v) is 4.88. The van der Waals surface area contributed by atoms with Crippen molar-refractivity contribution in [3.8, 4) is 0 Å². The van der Waals surface area contributed by atoms with Gasteiger partial charge < -0.3 is 0 Å². The van der Waals surface area contributed by atoms with E-state index in [1.807, 2.05) is 0 Å². The molecule has 0 fully saturated rings. The molecule has 1 aliphatic rings. The molecule has 162 valence electrons. The minimum Gasteiger partial charge on any atom is -0.196 e. The molecular formula is C29H40Hf-2. The van der Waals surface area contributed by atoms with E-state index in [9.17, 15) is 0 Å². The van der Waals surface area contributed by atoms with Crippen molar-refractivity contribution in [2.45, 2.75) is 99.3 Å². The van der Waals surface area contributed by atoms with Gasteiger partial charge in [-0.15, -0.1) is 34.5 Å². The molecule has 0 atom stereocenters. The largest absolute Gasteiger partial charge is 0.196 e. The van der Waals surface area contributed by atoms with Crippen molar-refractivity contribution in [1.29, 1.82) is 0 Å². The standard InChI is InChI=1S/C19H25.C10H15.Hf/c1-2-3-4-5-6-8-15-11-12-18-13-16-9-7-10-17(16)14-19(15)18;1-6-7(2)9(4)10(5)8(6)3;/h11-14H,2-10H2,1H3;1-5H3;/q2*-1;. The maximum absolute atomic E-state index is 2.49. The minimum absolute atomic E-state index is 0. The first-order valence-corrected chi connectivity index (χ1v) is 11.8. The number of rotatable bonds is 6. The van der Waals surface area contributed by atoms with Gasteiger partial charge in [0, 0.05) is 25.8 Å². The Bertz CT molecular complexity index is 870. The summed E-state index contributed by atoms with van der Waals surface area (Å²) in [7, 11) is 0. The molecule has 0 bridgehead atoms. The van der Waals surface area contributed by atoms with Crippen LogP contribution in [0.2, 0.25) is 0 Å². The maximum atomic E-state index is 2.49. The van der Waals surface area contributed by atoms with Crippen LogP contribution < -0.4 is 0 Å². The summed E-state index contributed by atoms with van der Waals surface area (Å²) in [5.41, 5.74) is 12.1. The van der Waals surface area contributed by atoms with E-state index in [0.717, 1.165) is 0 Å². The molecular weight excluding hydrogens is 527 g/mol. The molecule has 0 saturated carbocycles. The molecule has 0 unspecified atom stereocenters. The SMILES string of the molecule is CCCCCCC[c-]1ccc2cc3c(cc21)CCC3.Cc1c(C)c(C)[c-](C)c1C.[Hf]. The van der Waals surface area contributed by atoms with Crippen LogP contribution in [0.1, 0.15) is 90.0 Å². The molecule has 0 N–H and O–H groups in total. The first-order chi connectivity index (χ1) is 13.9. The normalized spacial score (nSPS) is 12.5. The Morgan fingerprint density at radius 1 is 0.833 bits per heavy atom. The van der Waals surface area contributed by atoms with E-state index in [1.54, 1.807) is 16.7 Å². The summed E-state index contributed by atoms with van der Waals surface area (Å²) in [5, 5.41) is 3.01. The van der Waals surface area contributed by atoms with Gasteiger partial charge in [-0.1, -0.05) is 91.2 Å². The zero-order valence-electron chi connectivity index (χ0n) is 20.2. The molecule has 0 amide bonds. The molecule has 1 aliphatic carbocycles. The van der Waals surface area contributed by atoms with E-state index < -0.39 is 0 Å². The van der Waals surface area contributed by atoms with E-state index in [1.165, 1.54) is 96.4 Å². The first kappa shape index (κ1) is 25.3. The Morgan fingerprint density at radius 2 is 1.43 bits per heavy atom. The van der Waals surface area contributed by atoms with Gasteiger partial charge in [0.2, 0.25) is 0 Å². The third kappa shape index (κ3) is 5.64. The van der Waals surface area contributed by atoms with Crippen molar-refractivity contribution in [2.75, 3.05) is 0 Å². The summed E-state index contributed by atoms with van der Waals surface area (Å²) in [4.78, 5) is 0. The molecule has 3 aromatic carbocycles.